The quantitative estimate of drug-likeness (QED) is 0.730. The third-order valence-electron chi connectivity index (χ3n) is 3.54. The minimum Gasteiger partial charge on any atom is -0.330 e. The lowest BCUT2D eigenvalue weighted by molar-refractivity contribution is -0.116. The van der Waals surface area contributed by atoms with Crippen LogP contribution in [0.1, 0.15) is 40.0 Å². The Morgan fingerprint density at radius 1 is 1.48 bits per heavy atom. The largest absolute Gasteiger partial charge is 0.330 e. The van der Waals surface area contributed by atoms with Crippen LogP contribution in [0.2, 0.25) is 5.15 Å². The zero-order valence-electron chi connectivity index (χ0n) is 12.7. The Labute approximate surface area is 140 Å². The molecule has 4 nitrogen and oxygen atoms in total. The van der Waals surface area contributed by atoms with Crippen molar-refractivity contribution in [2.75, 3.05) is 11.9 Å². The molecule has 0 aliphatic heterocycles. The number of aromatic nitrogens is 1. The second-order valence-corrected chi connectivity index (χ2v) is 7.44. The number of nitrogens with zero attached hydrogens (tertiary/aromatic N) is 1. The molecule has 1 heterocycles. The first kappa shape index (κ1) is 18.4. The van der Waals surface area contributed by atoms with Gasteiger partial charge in [0.2, 0.25) is 5.91 Å². The van der Waals surface area contributed by atoms with Gasteiger partial charge in [-0.3, -0.25) is 4.79 Å². The number of hydrogen-bond acceptors (Lipinski definition) is 3. The lowest BCUT2D eigenvalue weighted by Gasteiger charge is -2.30. The zero-order chi connectivity index (χ0) is 16.0. The van der Waals surface area contributed by atoms with Gasteiger partial charge in [0.05, 0.1) is 16.4 Å². The Morgan fingerprint density at radius 3 is 2.67 bits per heavy atom. The van der Waals surface area contributed by atoms with E-state index in [0.29, 0.717) is 34.2 Å². The molecule has 21 heavy (non-hydrogen) atoms. The van der Waals surface area contributed by atoms with Crippen LogP contribution in [0.4, 0.5) is 5.69 Å². The van der Waals surface area contributed by atoms with Crippen molar-refractivity contribution in [1.82, 2.24) is 4.98 Å². The Hall–Kier alpha value is -0.650. The summed E-state index contributed by atoms with van der Waals surface area (Å²) >= 11 is 9.11. The molecular weight excluding hydrogens is 354 g/mol. The van der Waals surface area contributed by atoms with E-state index < -0.39 is 0 Å². The molecule has 0 aliphatic carbocycles. The summed E-state index contributed by atoms with van der Waals surface area (Å²) in [6, 6.07) is 1.74. The molecule has 118 valence electrons. The maximum Gasteiger partial charge on any atom is 0.224 e. The van der Waals surface area contributed by atoms with Crippen LogP contribution >= 0.6 is 27.5 Å². The number of nitrogens with one attached hydrogen (secondary N) is 1. The normalized spacial score (nSPS) is 13.0. The lowest BCUT2D eigenvalue weighted by Crippen LogP contribution is -2.25. The van der Waals surface area contributed by atoms with E-state index in [1.54, 1.807) is 12.3 Å². The highest BCUT2D eigenvalue weighted by Gasteiger charge is 2.24. The number of hydrogen-bond donors (Lipinski definition) is 2. The van der Waals surface area contributed by atoms with Gasteiger partial charge in [-0.25, -0.2) is 4.98 Å². The van der Waals surface area contributed by atoms with Crippen LogP contribution in [0.3, 0.4) is 0 Å². The highest BCUT2D eigenvalue weighted by molar-refractivity contribution is 9.10. The summed E-state index contributed by atoms with van der Waals surface area (Å²) in [5, 5.41) is 3.22. The topological polar surface area (TPSA) is 68.0 Å². The maximum atomic E-state index is 12.0. The molecule has 0 fully saturated rings. The van der Waals surface area contributed by atoms with Gasteiger partial charge in [0.1, 0.15) is 5.15 Å². The van der Waals surface area contributed by atoms with Crippen molar-refractivity contribution in [3.8, 4) is 0 Å². The summed E-state index contributed by atoms with van der Waals surface area (Å²) in [7, 11) is 0. The van der Waals surface area contributed by atoms with Gasteiger partial charge in [0, 0.05) is 6.42 Å². The number of rotatable bonds is 6. The maximum absolute atomic E-state index is 12.0. The number of carbonyl (C=O) groups excluding carboxylic acids is 1. The van der Waals surface area contributed by atoms with Gasteiger partial charge in [0.15, 0.2) is 0 Å². The van der Waals surface area contributed by atoms with E-state index in [0.717, 1.165) is 12.8 Å². The first-order valence-corrected chi connectivity index (χ1v) is 8.22. The van der Waals surface area contributed by atoms with E-state index >= 15 is 0 Å². The molecule has 3 N–H and O–H groups in total. The molecule has 1 amide bonds. The first-order valence-electron chi connectivity index (χ1n) is 7.05. The highest BCUT2D eigenvalue weighted by atomic mass is 79.9. The second-order valence-electron chi connectivity index (χ2n) is 6.22. The summed E-state index contributed by atoms with van der Waals surface area (Å²) in [5.41, 5.74) is 6.46. The van der Waals surface area contributed by atoms with E-state index in [1.165, 1.54) is 0 Å². The van der Waals surface area contributed by atoms with Gasteiger partial charge in [-0.05, 0) is 52.7 Å². The van der Waals surface area contributed by atoms with E-state index in [1.807, 2.05) is 0 Å². The van der Waals surface area contributed by atoms with E-state index in [2.05, 4.69) is 47.0 Å². The van der Waals surface area contributed by atoms with Crippen molar-refractivity contribution >= 4 is 39.1 Å². The zero-order valence-corrected chi connectivity index (χ0v) is 15.1. The highest BCUT2D eigenvalue weighted by Crippen LogP contribution is 2.32. The molecule has 1 aromatic rings. The Balaban J connectivity index is 2.54. The molecule has 1 atom stereocenters. The molecule has 0 aromatic carbocycles. The van der Waals surface area contributed by atoms with Crippen molar-refractivity contribution in [2.45, 2.75) is 40.0 Å². The number of carbonyl (C=O) groups is 1. The number of halogens is 2. The van der Waals surface area contributed by atoms with Crippen LogP contribution in [-0.4, -0.2) is 17.4 Å². The summed E-state index contributed by atoms with van der Waals surface area (Å²) < 4.78 is 0.665. The second kappa shape index (κ2) is 8.11. The van der Waals surface area contributed by atoms with Crippen LogP contribution in [0.25, 0.3) is 0 Å². The predicted molar refractivity (Wildman–Crippen MR) is 91.4 cm³/mol. The Kier molecular flexibility index (Phi) is 7.10. The van der Waals surface area contributed by atoms with Gasteiger partial charge < -0.3 is 11.1 Å². The van der Waals surface area contributed by atoms with Crippen molar-refractivity contribution in [3.63, 3.8) is 0 Å². The number of pyridine rings is 1. The van der Waals surface area contributed by atoms with E-state index in [9.17, 15) is 4.79 Å². The molecule has 0 aliphatic rings. The molecule has 1 aromatic heterocycles. The van der Waals surface area contributed by atoms with E-state index in [4.69, 9.17) is 17.3 Å². The summed E-state index contributed by atoms with van der Waals surface area (Å²) in [6.07, 6.45) is 3.79. The minimum atomic E-state index is -0.0164. The van der Waals surface area contributed by atoms with Crippen LogP contribution in [0, 0.1) is 11.3 Å². The molecule has 1 rings (SSSR count). The van der Waals surface area contributed by atoms with Crippen molar-refractivity contribution < 1.29 is 4.79 Å². The van der Waals surface area contributed by atoms with Gasteiger partial charge in [-0.1, -0.05) is 32.4 Å². The predicted octanol–water partition coefficient (Wildman–Crippen LogP) is 4.23. The Bertz CT molecular complexity index is 488. The Morgan fingerprint density at radius 2 is 2.14 bits per heavy atom. The molecule has 6 heteroatoms. The molecule has 0 saturated carbocycles. The van der Waals surface area contributed by atoms with Crippen LogP contribution < -0.4 is 11.1 Å². The average Bonchev–Trinajstić information content (AvgIpc) is 2.37. The van der Waals surface area contributed by atoms with Crippen LogP contribution in [0.15, 0.2) is 16.7 Å². The fraction of sp³-hybridized carbons (Fsp3) is 0.600. The van der Waals surface area contributed by atoms with Crippen LogP contribution in [-0.2, 0) is 4.79 Å². The minimum absolute atomic E-state index is 0.0164. The van der Waals surface area contributed by atoms with Gasteiger partial charge in [-0.2, -0.15) is 0 Å². The van der Waals surface area contributed by atoms with Gasteiger partial charge in [-0.15, -0.1) is 0 Å². The van der Waals surface area contributed by atoms with Gasteiger partial charge >= 0.3 is 0 Å². The van der Waals surface area contributed by atoms with Crippen molar-refractivity contribution in [1.29, 1.82) is 0 Å². The molecule has 0 radical (unpaired) electrons. The fourth-order valence-corrected chi connectivity index (χ4v) is 2.68. The third kappa shape index (κ3) is 6.32. The van der Waals surface area contributed by atoms with Crippen molar-refractivity contribution in [2.24, 2.45) is 17.1 Å². The third-order valence-corrected chi connectivity index (χ3v) is 4.67. The molecule has 1 unspecified atom stereocenters. The molecular formula is C15H23BrClN3O. The fourth-order valence-electron chi connectivity index (χ4n) is 2.23. The summed E-state index contributed by atoms with van der Waals surface area (Å²) in [5.74, 6) is 0.417. The molecule has 0 bridgehead atoms. The molecule has 0 spiro atoms. The average molecular weight is 377 g/mol. The van der Waals surface area contributed by atoms with Gasteiger partial charge in [0.25, 0.3) is 0 Å². The van der Waals surface area contributed by atoms with E-state index in [-0.39, 0.29) is 11.3 Å². The van der Waals surface area contributed by atoms with Crippen LogP contribution in [0.5, 0.6) is 0 Å². The number of nitrogens with two attached hydrogens (primary N) is 1. The molecule has 0 saturated heterocycles. The summed E-state index contributed by atoms with van der Waals surface area (Å²) in [4.78, 5) is 16.0. The smallest absolute Gasteiger partial charge is 0.224 e. The SMILES string of the molecule is CC(C)(C)C(CCN)CCC(=O)Nc1cnc(Cl)c(Br)c1. The summed E-state index contributed by atoms with van der Waals surface area (Å²) in [6.45, 7) is 7.21. The lowest BCUT2D eigenvalue weighted by atomic mass is 9.76. The monoisotopic (exact) mass is 375 g/mol. The number of amides is 1. The number of anilines is 1. The standard InChI is InChI=1S/C15H23BrClN3O/c1-15(2,3)10(6-7-18)4-5-13(21)20-11-8-12(16)14(17)19-9-11/h8-10H,4-7,18H2,1-3H3,(H,20,21). The first-order chi connectivity index (χ1) is 9.74. The van der Waals surface area contributed by atoms with Crippen molar-refractivity contribution in [3.05, 3.63) is 21.9 Å².